The maximum Gasteiger partial charge on any atom is 0.253 e. The van der Waals surface area contributed by atoms with Gasteiger partial charge < -0.3 is 10.2 Å². The molecule has 1 heterocycles. The second kappa shape index (κ2) is 5.51. The van der Waals surface area contributed by atoms with Gasteiger partial charge in [-0.25, -0.2) is 0 Å². The summed E-state index contributed by atoms with van der Waals surface area (Å²) < 4.78 is 0. The molecule has 1 aromatic carbocycles. The van der Waals surface area contributed by atoms with Crippen molar-refractivity contribution < 1.29 is 4.79 Å². The molecular formula is C15H19ClN2O. The summed E-state index contributed by atoms with van der Waals surface area (Å²) in [5, 5.41) is 4.26. The van der Waals surface area contributed by atoms with Gasteiger partial charge >= 0.3 is 0 Å². The molecule has 1 aliphatic carbocycles. The van der Waals surface area contributed by atoms with Crippen LogP contribution in [-0.4, -0.2) is 36.0 Å². The molecule has 2 fully saturated rings. The highest BCUT2D eigenvalue weighted by atomic mass is 35.5. The molecule has 2 aliphatic rings. The van der Waals surface area contributed by atoms with E-state index in [1.807, 2.05) is 17.0 Å². The first-order chi connectivity index (χ1) is 9.22. The van der Waals surface area contributed by atoms with E-state index < -0.39 is 0 Å². The van der Waals surface area contributed by atoms with E-state index in [4.69, 9.17) is 11.6 Å². The van der Waals surface area contributed by atoms with Crippen molar-refractivity contribution in [1.29, 1.82) is 0 Å². The smallest absolute Gasteiger partial charge is 0.253 e. The molecular weight excluding hydrogens is 260 g/mol. The topological polar surface area (TPSA) is 32.3 Å². The van der Waals surface area contributed by atoms with Crippen LogP contribution in [0.1, 0.15) is 36.0 Å². The number of hydrogen-bond donors (Lipinski definition) is 1. The number of hydrogen-bond acceptors (Lipinski definition) is 2. The molecule has 1 aliphatic heterocycles. The number of nitrogens with one attached hydrogen (secondary N) is 1. The van der Waals surface area contributed by atoms with Crippen molar-refractivity contribution in [2.24, 2.45) is 0 Å². The van der Waals surface area contributed by atoms with Gasteiger partial charge in [0.1, 0.15) is 0 Å². The van der Waals surface area contributed by atoms with Crippen LogP contribution in [0.15, 0.2) is 24.3 Å². The summed E-state index contributed by atoms with van der Waals surface area (Å²) in [6.07, 6.45) is 4.76. The minimum atomic E-state index is 0.104. The van der Waals surface area contributed by atoms with Crippen LogP contribution in [-0.2, 0) is 0 Å². The van der Waals surface area contributed by atoms with Crippen LogP contribution in [0.3, 0.4) is 0 Å². The van der Waals surface area contributed by atoms with E-state index in [-0.39, 0.29) is 5.91 Å². The first kappa shape index (κ1) is 12.9. The van der Waals surface area contributed by atoms with E-state index >= 15 is 0 Å². The van der Waals surface area contributed by atoms with Gasteiger partial charge in [-0.05, 0) is 43.9 Å². The van der Waals surface area contributed by atoms with E-state index in [9.17, 15) is 4.79 Å². The first-order valence-corrected chi connectivity index (χ1v) is 7.41. The summed E-state index contributed by atoms with van der Waals surface area (Å²) >= 11 is 5.93. The van der Waals surface area contributed by atoms with Crippen molar-refractivity contribution in [3.63, 3.8) is 0 Å². The fourth-order valence-corrected chi connectivity index (χ4v) is 2.83. The van der Waals surface area contributed by atoms with E-state index in [0.717, 1.165) is 32.0 Å². The van der Waals surface area contributed by atoms with Crippen molar-refractivity contribution in [3.8, 4) is 0 Å². The maximum absolute atomic E-state index is 12.3. The molecule has 4 heteroatoms. The van der Waals surface area contributed by atoms with E-state index in [1.54, 1.807) is 12.1 Å². The van der Waals surface area contributed by atoms with Crippen molar-refractivity contribution in [2.75, 3.05) is 13.1 Å². The normalized spacial score (nSPS) is 20.6. The third kappa shape index (κ3) is 3.28. The lowest BCUT2D eigenvalue weighted by Gasteiger charge is -2.32. The second-order valence-corrected chi connectivity index (χ2v) is 5.95. The van der Waals surface area contributed by atoms with Gasteiger partial charge in [-0.15, -0.1) is 0 Å². The maximum atomic E-state index is 12.3. The number of halogens is 1. The average molecular weight is 279 g/mol. The summed E-state index contributed by atoms with van der Waals surface area (Å²) in [4.78, 5) is 14.3. The van der Waals surface area contributed by atoms with Crippen molar-refractivity contribution in [1.82, 2.24) is 10.2 Å². The summed E-state index contributed by atoms with van der Waals surface area (Å²) in [5.74, 6) is 0.104. The van der Waals surface area contributed by atoms with Gasteiger partial charge in [0.25, 0.3) is 5.91 Å². The monoisotopic (exact) mass is 278 g/mol. The van der Waals surface area contributed by atoms with Crippen LogP contribution in [0, 0.1) is 0 Å². The van der Waals surface area contributed by atoms with Gasteiger partial charge in [0, 0.05) is 35.8 Å². The number of amides is 1. The molecule has 0 aromatic heterocycles. The predicted octanol–water partition coefficient (Wildman–Crippen LogP) is 2.70. The molecule has 3 rings (SSSR count). The first-order valence-electron chi connectivity index (χ1n) is 7.03. The molecule has 0 spiro atoms. The Kier molecular flexibility index (Phi) is 3.76. The third-order valence-corrected chi connectivity index (χ3v) is 4.14. The molecule has 0 unspecified atom stereocenters. The standard InChI is InChI=1S/C15H19ClN2O/c16-12-3-1-2-11(10-12)15(19)18-8-6-14(7-9-18)17-13-4-5-13/h1-3,10,13-14,17H,4-9H2. The lowest BCUT2D eigenvalue weighted by atomic mass is 10.0. The molecule has 19 heavy (non-hydrogen) atoms. The predicted molar refractivity (Wildman–Crippen MR) is 76.5 cm³/mol. The number of likely N-dealkylation sites (tertiary alicyclic amines) is 1. The van der Waals surface area contributed by atoms with Gasteiger partial charge in [-0.1, -0.05) is 17.7 Å². The molecule has 102 valence electrons. The molecule has 1 saturated carbocycles. The average Bonchev–Trinajstić information content (AvgIpc) is 3.23. The molecule has 0 bridgehead atoms. The lowest BCUT2D eigenvalue weighted by Crippen LogP contribution is -2.45. The Morgan fingerprint density at radius 1 is 1.16 bits per heavy atom. The number of carbonyl (C=O) groups is 1. The summed E-state index contributed by atoms with van der Waals surface area (Å²) in [6.45, 7) is 1.69. The minimum absolute atomic E-state index is 0.104. The number of piperidine rings is 1. The largest absolute Gasteiger partial charge is 0.339 e. The molecule has 0 atom stereocenters. The Morgan fingerprint density at radius 2 is 1.84 bits per heavy atom. The molecule has 0 radical (unpaired) electrons. The second-order valence-electron chi connectivity index (χ2n) is 5.52. The molecule has 3 nitrogen and oxygen atoms in total. The number of benzene rings is 1. The van der Waals surface area contributed by atoms with E-state index in [0.29, 0.717) is 16.6 Å². The third-order valence-electron chi connectivity index (χ3n) is 3.90. The zero-order valence-corrected chi connectivity index (χ0v) is 11.7. The summed E-state index contributed by atoms with van der Waals surface area (Å²) in [5.41, 5.74) is 0.695. The zero-order chi connectivity index (χ0) is 13.2. The van der Waals surface area contributed by atoms with Gasteiger partial charge in [0.15, 0.2) is 0 Å². The van der Waals surface area contributed by atoms with Crippen LogP contribution in [0.4, 0.5) is 0 Å². The number of carbonyl (C=O) groups excluding carboxylic acids is 1. The molecule has 1 saturated heterocycles. The van der Waals surface area contributed by atoms with Crippen molar-refractivity contribution in [2.45, 2.75) is 37.8 Å². The van der Waals surface area contributed by atoms with Crippen LogP contribution in [0.25, 0.3) is 0 Å². The molecule has 1 N–H and O–H groups in total. The Morgan fingerprint density at radius 3 is 2.47 bits per heavy atom. The van der Waals surface area contributed by atoms with E-state index in [1.165, 1.54) is 12.8 Å². The quantitative estimate of drug-likeness (QED) is 0.922. The van der Waals surface area contributed by atoms with Gasteiger partial charge in [-0.3, -0.25) is 4.79 Å². The Labute approximate surface area is 118 Å². The van der Waals surface area contributed by atoms with Crippen molar-refractivity contribution in [3.05, 3.63) is 34.9 Å². The molecule has 1 amide bonds. The van der Waals surface area contributed by atoms with Crippen molar-refractivity contribution >= 4 is 17.5 Å². The summed E-state index contributed by atoms with van der Waals surface area (Å²) in [7, 11) is 0. The Hall–Kier alpha value is -1.06. The highest BCUT2D eigenvalue weighted by Crippen LogP contribution is 2.23. The summed E-state index contributed by atoms with van der Waals surface area (Å²) in [6, 6.07) is 8.55. The van der Waals surface area contributed by atoms with Gasteiger partial charge in [0.2, 0.25) is 0 Å². The molecule has 1 aromatic rings. The van der Waals surface area contributed by atoms with Gasteiger partial charge in [0.05, 0.1) is 0 Å². The Bertz CT molecular complexity index is 465. The lowest BCUT2D eigenvalue weighted by molar-refractivity contribution is 0.0705. The van der Waals surface area contributed by atoms with Crippen LogP contribution in [0.2, 0.25) is 5.02 Å². The SMILES string of the molecule is O=C(c1cccc(Cl)c1)N1CCC(NC2CC2)CC1. The minimum Gasteiger partial charge on any atom is -0.339 e. The number of rotatable bonds is 3. The van der Waals surface area contributed by atoms with Crippen LogP contribution >= 0.6 is 11.6 Å². The fraction of sp³-hybridized carbons (Fsp3) is 0.533. The Balaban J connectivity index is 1.56. The van der Waals surface area contributed by atoms with Crippen LogP contribution < -0.4 is 5.32 Å². The van der Waals surface area contributed by atoms with Crippen LogP contribution in [0.5, 0.6) is 0 Å². The zero-order valence-electron chi connectivity index (χ0n) is 10.9. The van der Waals surface area contributed by atoms with E-state index in [2.05, 4.69) is 5.32 Å². The van der Waals surface area contributed by atoms with Gasteiger partial charge in [-0.2, -0.15) is 0 Å². The highest BCUT2D eigenvalue weighted by molar-refractivity contribution is 6.30. The fourth-order valence-electron chi connectivity index (χ4n) is 2.64. The highest BCUT2D eigenvalue weighted by Gasteiger charge is 2.28. The number of nitrogens with zero attached hydrogens (tertiary/aromatic N) is 1.